The number of benzene rings is 2. The summed E-state index contributed by atoms with van der Waals surface area (Å²) in [5, 5.41) is 2.89. The Bertz CT molecular complexity index is 935. The van der Waals surface area contributed by atoms with Crippen molar-refractivity contribution in [1.29, 1.82) is 0 Å². The number of esters is 1. The summed E-state index contributed by atoms with van der Waals surface area (Å²) in [6.45, 7) is 3.99. The Morgan fingerprint density at radius 3 is 2.30 bits per heavy atom. The van der Waals surface area contributed by atoms with E-state index < -0.39 is 12.0 Å². The molecule has 0 saturated heterocycles. The molecule has 0 unspecified atom stereocenters. The number of aryl methyl sites for hydroxylation is 1. The largest absolute Gasteiger partial charge is 0.497 e. The van der Waals surface area contributed by atoms with E-state index in [-0.39, 0.29) is 19.2 Å². The van der Waals surface area contributed by atoms with E-state index in [9.17, 15) is 9.59 Å². The third-order valence-electron chi connectivity index (χ3n) is 4.92. The van der Waals surface area contributed by atoms with Crippen molar-refractivity contribution in [2.45, 2.75) is 19.9 Å². The lowest BCUT2D eigenvalue weighted by atomic mass is 9.94. The molecule has 30 heavy (non-hydrogen) atoms. The quantitative estimate of drug-likeness (QED) is 0.706. The molecule has 7 heteroatoms. The molecule has 2 aromatic rings. The number of ether oxygens (including phenoxy) is 3. The smallest absolute Gasteiger partial charge is 0.338 e. The van der Waals surface area contributed by atoms with Gasteiger partial charge in [-0.15, -0.1) is 0 Å². The second-order valence-electron chi connectivity index (χ2n) is 6.90. The SMILES string of the molecule is CCOC(=O)C1=C(COc2ccc(OC)cc2)N(C)C(=O)N[C@H]1c1ccc(C)cc1. The summed E-state index contributed by atoms with van der Waals surface area (Å²) < 4.78 is 16.3. The molecule has 1 N–H and O–H groups in total. The summed E-state index contributed by atoms with van der Waals surface area (Å²) in [4.78, 5) is 26.9. The minimum atomic E-state index is -0.622. The number of hydrogen-bond acceptors (Lipinski definition) is 5. The lowest BCUT2D eigenvalue weighted by Crippen LogP contribution is -2.48. The van der Waals surface area contributed by atoms with Gasteiger partial charge in [-0.2, -0.15) is 0 Å². The Balaban J connectivity index is 1.98. The van der Waals surface area contributed by atoms with Gasteiger partial charge in [-0.1, -0.05) is 29.8 Å². The van der Waals surface area contributed by atoms with E-state index in [1.54, 1.807) is 45.3 Å². The lowest BCUT2D eigenvalue weighted by molar-refractivity contribution is -0.139. The fourth-order valence-electron chi connectivity index (χ4n) is 3.21. The van der Waals surface area contributed by atoms with Crippen LogP contribution in [-0.2, 0) is 9.53 Å². The molecular formula is C23H26N2O5. The molecular weight excluding hydrogens is 384 g/mol. The maximum atomic E-state index is 12.9. The molecule has 1 aliphatic heterocycles. The number of methoxy groups -OCH3 is 1. The van der Waals surface area contributed by atoms with E-state index in [1.165, 1.54) is 4.90 Å². The highest BCUT2D eigenvalue weighted by atomic mass is 16.5. The standard InChI is InChI=1S/C23H26N2O5/c1-5-29-22(26)20-19(14-30-18-12-10-17(28-4)11-13-18)25(3)23(27)24-21(20)16-8-6-15(2)7-9-16/h6-13,21H,5,14H2,1-4H3,(H,24,27)/t21-/m0/s1. The fourth-order valence-corrected chi connectivity index (χ4v) is 3.21. The number of nitrogens with zero attached hydrogens (tertiary/aromatic N) is 1. The average Bonchev–Trinajstić information content (AvgIpc) is 2.75. The van der Waals surface area contributed by atoms with E-state index in [4.69, 9.17) is 14.2 Å². The monoisotopic (exact) mass is 410 g/mol. The van der Waals surface area contributed by atoms with Gasteiger partial charge in [0.1, 0.15) is 18.1 Å². The molecule has 1 atom stereocenters. The predicted octanol–water partition coefficient (Wildman–Crippen LogP) is 3.60. The number of amides is 2. The van der Waals surface area contributed by atoms with Crippen molar-refractivity contribution in [2.75, 3.05) is 27.4 Å². The molecule has 0 radical (unpaired) electrons. The van der Waals surface area contributed by atoms with Gasteiger partial charge in [0.25, 0.3) is 0 Å². The zero-order valence-electron chi connectivity index (χ0n) is 17.6. The van der Waals surface area contributed by atoms with Crippen molar-refractivity contribution in [3.8, 4) is 11.5 Å². The minimum absolute atomic E-state index is 0.0345. The second kappa shape index (κ2) is 9.35. The topological polar surface area (TPSA) is 77.1 Å². The van der Waals surface area contributed by atoms with Crippen molar-refractivity contribution >= 4 is 12.0 Å². The Hall–Kier alpha value is -3.48. The van der Waals surface area contributed by atoms with Crippen LogP contribution in [0, 0.1) is 6.92 Å². The van der Waals surface area contributed by atoms with Crippen LogP contribution in [0.25, 0.3) is 0 Å². The molecule has 2 amide bonds. The van der Waals surface area contributed by atoms with Crippen LogP contribution in [0.5, 0.6) is 11.5 Å². The summed E-state index contributed by atoms with van der Waals surface area (Å²) in [6.07, 6.45) is 0. The Morgan fingerprint density at radius 1 is 1.07 bits per heavy atom. The number of carbonyl (C=O) groups excluding carboxylic acids is 2. The molecule has 7 nitrogen and oxygen atoms in total. The lowest BCUT2D eigenvalue weighted by Gasteiger charge is -2.34. The van der Waals surface area contributed by atoms with Crippen LogP contribution in [0.2, 0.25) is 0 Å². The van der Waals surface area contributed by atoms with Crippen LogP contribution in [0.3, 0.4) is 0 Å². The molecule has 158 valence electrons. The molecule has 2 aromatic carbocycles. The van der Waals surface area contributed by atoms with Crippen LogP contribution in [0.1, 0.15) is 24.1 Å². The van der Waals surface area contributed by atoms with Crippen molar-refractivity contribution in [2.24, 2.45) is 0 Å². The maximum absolute atomic E-state index is 12.9. The highest BCUT2D eigenvalue weighted by molar-refractivity contribution is 5.95. The molecule has 0 fully saturated rings. The van der Waals surface area contributed by atoms with Crippen molar-refractivity contribution in [3.05, 3.63) is 70.9 Å². The van der Waals surface area contributed by atoms with E-state index in [0.717, 1.165) is 11.1 Å². The third kappa shape index (κ3) is 4.56. The van der Waals surface area contributed by atoms with Crippen LogP contribution in [0.4, 0.5) is 4.79 Å². The van der Waals surface area contributed by atoms with Gasteiger partial charge in [0.15, 0.2) is 0 Å². The summed E-state index contributed by atoms with van der Waals surface area (Å²) in [5.74, 6) is 0.823. The second-order valence-corrected chi connectivity index (χ2v) is 6.90. The van der Waals surface area contributed by atoms with Crippen LogP contribution in [0.15, 0.2) is 59.8 Å². The number of urea groups is 1. The molecule has 0 spiro atoms. The molecule has 3 rings (SSSR count). The van der Waals surface area contributed by atoms with Crippen LogP contribution >= 0.6 is 0 Å². The van der Waals surface area contributed by atoms with Gasteiger partial charge in [0, 0.05) is 7.05 Å². The van der Waals surface area contributed by atoms with E-state index >= 15 is 0 Å². The van der Waals surface area contributed by atoms with Gasteiger partial charge >= 0.3 is 12.0 Å². The average molecular weight is 410 g/mol. The summed E-state index contributed by atoms with van der Waals surface area (Å²) >= 11 is 0. The first kappa shape index (κ1) is 21.2. The Morgan fingerprint density at radius 2 is 1.70 bits per heavy atom. The molecule has 1 aliphatic rings. The predicted molar refractivity (Wildman–Crippen MR) is 112 cm³/mol. The van der Waals surface area contributed by atoms with Crippen molar-refractivity contribution in [3.63, 3.8) is 0 Å². The van der Waals surface area contributed by atoms with Gasteiger partial charge in [-0.05, 0) is 43.7 Å². The Labute approximate surface area is 176 Å². The highest BCUT2D eigenvalue weighted by Crippen LogP contribution is 2.31. The zero-order valence-corrected chi connectivity index (χ0v) is 17.6. The maximum Gasteiger partial charge on any atom is 0.338 e. The number of rotatable bonds is 7. The van der Waals surface area contributed by atoms with Crippen LogP contribution < -0.4 is 14.8 Å². The molecule has 0 saturated carbocycles. The molecule has 0 aliphatic carbocycles. The van der Waals surface area contributed by atoms with Gasteiger partial charge in [-0.3, -0.25) is 4.90 Å². The fraction of sp³-hybridized carbons (Fsp3) is 0.304. The highest BCUT2D eigenvalue weighted by Gasteiger charge is 2.37. The number of nitrogens with one attached hydrogen (secondary N) is 1. The first-order valence-electron chi connectivity index (χ1n) is 9.72. The third-order valence-corrected chi connectivity index (χ3v) is 4.92. The van der Waals surface area contributed by atoms with Gasteiger partial charge in [-0.25, -0.2) is 9.59 Å². The van der Waals surface area contributed by atoms with Crippen LogP contribution in [-0.4, -0.2) is 44.3 Å². The van der Waals surface area contributed by atoms with Crippen molar-refractivity contribution < 1.29 is 23.8 Å². The Kier molecular flexibility index (Phi) is 6.61. The normalized spacial score (nSPS) is 16.2. The zero-order chi connectivity index (χ0) is 21.7. The number of hydrogen-bond donors (Lipinski definition) is 1. The van der Waals surface area contributed by atoms with E-state index in [2.05, 4.69) is 5.32 Å². The van der Waals surface area contributed by atoms with Gasteiger partial charge < -0.3 is 19.5 Å². The summed E-state index contributed by atoms with van der Waals surface area (Å²) in [5.41, 5.74) is 2.70. The molecule has 0 bridgehead atoms. The van der Waals surface area contributed by atoms with Gasteiger partial charge in [0.05, 0.1) is 31.0 Å². The number of likely N-dealkylation sites (N-methyl/N-ethyl adjacent to an activating group) is 1. The minimum Gasteiger partial charge on any atom is -0.497 e. The first-order valence-corrected chi connectivity index (χ1v) is 9.72. The van der Waals surface area contributed by atoms with E-state index in [1.807, 2.05) is 31.2 Å². The molecule has 0 aromatic heterocycles. The number of carbonyl (C=O) groups is 2. The van der Waals surface area contributed by atoms with Gasteiger partial charge in [0.2, 0.25) is 0 Å². The molecule has 1 heterocycles. The van der Waals surface area contributed by atoms with E-state index in [0.29, 0.717) is 22.8 Å². The summed E-state index contributed by atoms with van der Waals surface area (Å²) in [6, 6.07) is 13.8. The van der Waals surface area contributed by atoms with Crippen molar-refractivity contribution in [1.82, 2.24) is 10.2 Å². The first-order chi connectivity index (χ1) is 14.4. The summed E-state index contributed by atoms with van der Waals surface area (Å²) in [7, 11) is 3.19.